The monoisotopic (exact) mass is 371 g/mol. The van der Waals surface area contributed by atoms with Gasteiger partial charge in [-0.05, 0) is 59.2 Å². The third-order valence-corrected chi connectivity index (χ3v) is 5.15. The van der Waals surface area contributed by atoms with Gasteiger partial charge in [-0.3, -0.25) is 0 Å². The van der Waals surface area contributed by atoms with Crippen LogP contribution in [0.1, 0.15) is 50.8 Å². The maximum Gasteiger partial charge on any atom is 0.405 e. The van der Waals surface area contributed by atoms with Gasteiger partial charge in [0.15, 0.2) is 0 Å². The van der Waals surface area contributed by atoms with Gasteiger partial charge >= 0.3 is 6.09 Å². The Hall–Kier alpha value is -2.56. The Labute approximate surface area is 159 Å². The number of fused-ring (bicyclic) bond motifs is 1. The van der Waals surface area contributed by atoms with Gasteiger partial charge in [-0.2, -0.15) is 0 Å². The molecule has 0 fully saturated rings. The molecule has 0 aromatic heterocycles. The van der Waals surface area contributed by atoms with Gasteiger partial charge in [-0.25, -0.2) is 9.18 Å². The molecule has 1 amide bonds. The molecule has 1 aliphatic carbocycles. The number of amides is 1. The van der Waals surface area contributed by atoms with Gasteiger partial charge in [0.1, 0.15) is 11.6 Å². The van der Waals surface area contributed by atoms with E-state index >= 15 is 0 Å². The molecule has 1 aliphatic rings. The quantitative estimate of drug-likeness (QED) is 0.653. The second-order valence-electron chi connectivity index (χ2n) is 7.81. The van der Waals surface area contributed by atoms with Crippen molar-refractivity contribution in [3.05, 3.63) is 53.3 Å². The first kappa shape index (κ1) is 19.2. The fourth-order valence-corrected chi connectivity index (χ4v) is 3.77. The molecule has 2 aromatic carbocycles. The zero-order valence-electron chi connectivity index (χ0n) is 16.0. The van der Waals surface area contributed by atoms with Crippen molar-refractivity contribution in [2.45, 2.75) is 46.1 Å². The second-order valence-corrected chi connectivity index (χ2v) is 7.81. The Morgan fingerprint density at radius 2 is 2.11 bits per heavy atom. The van der Waals surface area contributed by atoms with E-state index < -0.39 is 12.1 Å². The van der Waals surface area contributed by atoms with Crippen molar-refractivity contribution in [2.24, 2.45) is 5.41 Å². The number of hydrogen-bond acceptors (Lipinski definition) is 2. The van der Waals surface area contributed by atoms with E-state index in [2.05, 4.69) is 12.2 Å². The number of hydrogen-bond donors (Lipinski definition) is 2. The summed E-state index contributed by atoms with van der Waals surface area (Å²) in [7, 11) is 0. The van der Waals surface area contributed by atoms with Crippen molar-refractivity contribution in [1.82, 2.24) is 5.32 Å². The fraction of sp³-hybridized carbons (Fsp3) is 0.409. The van der Waals surface area contributed by atoms with E-state index in [1.807, 2.05) is 44.2 Å². The molecule has 0 heterocycles. The van der Waals surface area contributed by atoms with Gasteiger partial charge < -0.3 is 15.2 Å². The Morgan fingerprint density at radius 3 is 2.81 bits per heavy atom. The second kappa shape index (κ2) is 7.59. The van der Waals surface area contributed by atoms with Crippen LogP contribution in [0, 0.1) is 11.2 Å². The van der Waals surface area contributed by atoms with Crippen molar-refractivity contribution in [3.8, 4) is 16.9 Å². The van der Waals surface area contributed by atoms with Gasteiger partial charge in [0.05, 0.1) is 12.6 Å². The summed E-state index contributed by atoms with van der Waals surface area (Å²) >= 11 is 0. The van der Waals surface area contributed by atoms with Crippen LogP contribution in [-0.4, -0.2) is 17.8 Å². The molecule has 0 bridgehead atoms. The number of carbonyl (C=O) groups is 1. The van der Waals surface area contributed by atoms with Crippen molar-refractivity contribution < 1.29 is 19.0 Å². The molecule has 2 N–H and O–H groups in total. The van der Waals surface area contributed by atoms with Gasteiger partial charge in [0.25, 0.3) is 0 Å². The Kier molecular flexibility index (Phi) is 5.40. The third-order valence-electron chi connectivity index (χ3n) is 5.15. The molecule has 1 atom stereocenters. The maximum atomic E-state index is 14.9. The third kappa shape index (κ3) is 4.07. The summed E-state index contributed by atoms with van der Waals surface area (Å²) in [5.41, 5.74) is 2.67. The van der Waals surface area contributed by atoms with E-state index in [1.165, 1.54) is 6.07 Å². The highest BCUT2D eigenvalue weighted by molar-refractivity contribution is 5.69. The smallest absolute Gasteiger partial charge is 0.405 e. The largest absolute Gasteiger partial charge is 0.494 e. The first-order valence-electron chi connectivity index (χ1n) is 9.37. The fourth-order valence-electron chi connectivity index (χ4n) is 3.77. The first-order chi connectivity index (χ1) is 12.8. The summed E-state index contributed by atoms with van der Waals surface area (Å²) in [6, 6.07) is 10.4. The number of halogens is 1. The van der Waals surface area contributed by atoms with Gasteiger partial charge in [-0.15, -0.1) is 0 Å². The van der Waals surface area contributed by atoms with Crippen LogP contribution in [0.2, 0.25) is 0 Å². The lowest BCUT2D eigenvalue weighted by Gasteiger charge is -2.27. The zero-order chi connectivity index (χ0) is 19.6. The lowest BCUT2D eigenvalue weighted by atomic mass is 9.85. The molecular weight excluding hydrogens is 345 g/mol. The summed E-state index contributed by atoms with van der Waals surface area (Å²) in [5, 5.41) is 11.7. The molecule has 4 nitrogen and oxygen atoms in total. The standard InChI is InChI=1S/C22H26FNO3/c1-4-5-9-27-16-8-6-7-14(10-16)17-11-15-13-22(2,3)20(24-21(25)26)18(15)12-19(17)23/h6-8,10-12,20,24H,4-5,9,13H2,1-3H3,(H,25,26)/t20-/m0/s1. The molecule has 0 radical (unpaired) electrons. The topological polar surface area (TPSA) is 58.6 Å². The van der Waals surface area contributed by atoms with Crippen LogP contribution in [0.25, 0.3) is 11.1 Å². The molecule has 5 heteroatoms. The molecule has 27 heavy (non-hydrogen) atoms. The minimum Gasteiger partial charge on any atom is -0.494 e. The van der Waals surface area contributed by atoms with Crippen LogP contribution in [-0.2, 0) is 6.42 Å². The molecule has 3 rings (SSSR count). The van der Waals surface area contributed by atoms with Crippen molar-refractivity contribution in [2.75, 3.05) is 6.61 Å². The van der Waals surface area contributed by atoms with Crippen molar-refractivity contribution >= 4 is 6.09 Å². The van der Waals surface area contributed by atoms with Gasteiger partial charge in [0.2, 0.25) is 0 Å². The van der Waals surface area contributed by atoms with E-state index in [1.54, 1.807) is 0 Å². The number of rotatable bonds is 6. The SMILES string of the molecule is CCCCOc1cccc(-c2cc3c(cc2F)[C@H](NC(=O)O)C(C)(C)C3)c1. The molecular formula is C22H26FNO3. The predicted molar refractivity (Wildman–Crippen MR) is 104 cm³/mol. The van der Waals surface area contributed by atoms with E-state index in [-0.39, 0.29) is 11.2 Å². The summed E-state index contributed by atoms with van der Waals surface area (Å²) < 4.78 is 20.7. The summed E-state index contributed by atoms with van der Waals surface area (Å²) in [6.45, 7) is 6.73. The molecule has 0 saturated heterocycles. The highest BCUT2D eigenvalue weighted by Crippen LogP contribution is 2.46. The lowest BCUT2D eigenvalue weighted by Crippen LogP contribution is -2.34. The minimum atomic E-state index is -1.10. The number of unbranched alkanes of at least 4 members (excludes halogenated alkanes) is 1. The molecule has 0 saturated carbocycles. The van der Waals surface area contributed by atoms with E-state index in [9.17, 15) is 9.18 Å². The molecule has 144 valence electrons. The normalized spacial score (nSPS) is 17.4. The Morgan fingerprint density at radius 1 is 1.33 bits per heavy atom. The number of nitrogens with one attached hydrogen (secondary N) is 1. The summed E-state index contributed by atoms with van der Waals surface area (Å²) in [5.74, 6) is 0.376. The molecule has 0 aliphatic heterocycles. The Bertz CT molecular complexity index is 847. The van der Waals surface area contributed by atoms with Gasteiger partial charge in [-0.1, -0.05) is 39.3 Å². The first-order valence-corrected chi connectivity index (χ1v) is 9.37. The van der Waals surface area contributed by atoms with E-state index in [0.717, 1.165) is 35.3 Å². The van der Waals surface area contributed by atoms with Crippen LogP contribution < -0.4 is 10.1 Å². The van der Waals surface area contributed by atoms with Crippen LogP contribution >= 0.6 is 0 Å². The highest BCUT2D eigenvalue weighted by Gasteiger charge is 2.40. The molecule has 0 spiro atoms. The number of benzene rings is 2. The van der Waals surface area contributed by atoms with E-state index in [0.29, 0.717) is 18.6 Å². The summed E-state index contributed by atoms with van der Waals surface area (Å²) in [4.78, 5) is 11.2. The van der Waals surface area contributed by atoms with Crippen molar-refractivity contribution in [3.63, 3.8) is 0 Å². The van der Waals surface area contributed by atoms with Crippen LogP contribution in [0.3, 0.4) is 0 Å². The number of carboxylic acid groups (broad SMARTS) is 1. The summed E-state index contributed by atoms with van der Waals surface area (Å²) in [6.07, 6.45) is 1.63. The predicted octanol–water partition coefficient (Wildman–Crippen LogP) is 5.56. The number of ether oxygens (including phenoxy) is 1. The van der Waals surface area contributed by atoms with Crippen molar-refractivity contribution in [1.29, 1.82) is 0 Å². The zero-order valence-corrected chi connectivity index (χ0v) is 16.0. The molecule has 0 unspecified atom stereocenters. The van der Waals surface area contributed by atoms with Crippen LogP contribution in [0.15, 0.2) is 36.4 Å². The Balaban J connectivity index is 1.94. The molecule has 2 aromatic rings. The van der Waals surface area contributed by atoms with Crippen LogP contribution in [0.4, 0.5) is 9.18 Å². The average molecular weight is 371 g/mol. The lowest BCUT2D eigenvalue weighted by molar-refractivity contribution is 0.175. The average Bonchev–Trinajstić information content (AvgIpc) is 2.84. The minimum absolute atomic E-state index is 0.309. The van der Waals surface area contributed by atoms with E-state index in [4.69, 9.17) is 9.84 Å². The maximum absolute atomic E-state index is 14.9. The van der Waals surface area contributed by atoms with Gasteiger partial charge in [0, 0.05) is 5.56 Å². The highest BCUT2D eigenvalue weighted by atomic mass is 19.1. The van der Waals surface area contributed by atoms with Crippen LogP contribution in [0.5, 0.6) is 5.75 Å².